The van der Waals surface area contributed by atoms with Gasteiger partial charge in [0.25, 0.3) is 0 Å². The first-order valence-corrected chi connectivity index (χ1v) is 12.7. The van der Waals surface area contributed by atoms with Crippen LogP contribution in [-0.2, 0) is 14.3 Å². The van der Waals surface area contributed by atoms with Gasteiger partial charge < -0.3 is 19.5 Å². The van der Waals surface area contributed by atoms with Crippen LogP contribution in [0.15, 0.2) is 71.1 Å². The molecule has 36 heavy (non-hydrogen) atoms. The van der Waals surface area contributed by atoms with Crippen LogP contribution >= 0.6 is 0 Å². The van der Waals surface area contributed by atoms with Crippen molar-refractivity contribution in [3.05, 3.63) is 82.2 Å². The fraction of sp³-hybridized carbons (Fsp3) is 0.400. The SMILES string of the molecule is COc1ccc([C@@H]2CC(=O)C3=C(C2)NC(C)=C(C(=O)OC2CCCC2)[C@H]3c2ccc(OC)cc2)cc1. The molecule has 6 heteroatoms. The van der Waals surface area contributed by atoms with Gasteiger partial charge in [-0.15, -0.1) is 0 Å². The Morgan fingerprint density at radius 1 is 0.861 bits per heavy atom. The highest BCUT2D eigenvalue weighted by Crippen LogP contribution is 2.46. The van der Waals surface area contributed by atoms with Gasteiger partial charge in [-0.2, -0.15) is 0 Å². The van der Waals surface area contributed by atoms with Gasteiger partial charge in [-0.25, -0.2) is 4.79 Å². The number of Topliss-reactive ketones (excluding diaryl/α,β-unsaturated/α-hetero) is 1. The van der Waals surface area contributed by atoms with Crippen LogP contribution in [-0.4, -0.2) is 32.1 Å². The molecule has 0 unspecified atom stereocenters. The molecular weight excluding hydrogens is 454 g/mol. The lowest BCUT2D eigenvalue weighted by molar-refractivity contribution is -0.144. The number of rotatable bonds is 6. The molecule has 5 rings (SSSR count). The minimum atomic E-state index is -0.467. The van der Waals surface area contributed by atoms with Gasteiger partial charge in [0.15, 0.2) is 5.78 Å². The molecule has 1 N–H and O–H groups in total. The summed E-state index contributed by atoms with van der Waals surface area (Å²) in [4.78, 5) is 27.2. The van der Waals surface area contributed by atoms with Crippen molar-refractivity contribution >= 4 is 11.8 Å². The molecular formula is C30H33NO5. The van der Waals surface area contributed by atoms with Gasteiger partial charge in [0.1, 0.15) is 17.6 Å². The highest BCUT2D eigenvalue weighted by atomic mass is 16.5. The van der Waals surface area contributed by atoms with Crippen molar-refractivity contribution in [1.82, 2.24) is 5.32 Å². The fourth-order valence-electron chi connectivity index (χ4n) is 5.77. The molecule has 3 aliphatic rings. The summed E-state index contributed by atoms with van der Waals surface area (Å²) in [5.74, 6) is 0.845. The number of ether oxygens (including phenoxy) is 3. The number of benzene rings is 2. The Balaban J connectivity index is 1.52. The number of ketones is 1. The number of dihydropyridines is 1. The van der Waals surface area contributed by atoms with E-state index in [1.807, 2.05) is 55.5 Å². The van der Waals surface area contributed by atoms with Crippen LogP contribution in [0, 0.1) is 0 Å². The summed E-state index contributed by atoms with van der Waals surface area (Å²) in [5, 5.41) is 3.44. The number of carbonyl (C=O) groups excluding carboxylic acids is 2. The van der Waals surface area contributed by atoms with E-state index in [4.69, 9.17) is 14.2 Å². The molecule has 2 aromatic carbocycles. The normalized spacial score (nSPS) is 22.2. The highest BCUT2D eigenvalue weighted by Gasteiger charge is 2.42. The second-order valence-corrected chi connectivity index (χ2v) is 9.88. The van der Waals surface area contributed by atoms with Crippen LogP contribution in [0.5, 0.6) is 11.5 Å². The number of allylic oxidation sites excluding steroid dienone is 3. The lowest BCUT2D eigenvalue weighted by atomic mass is 9.71. The van der Waals surface area contributed by atoms with E-state index in [1.165, 1.54) is 0 Å². The van der Waals surface area contributed by atoms with Crippen molar-refractivity contribution in [1.29, 1.82) is 0 Å². The van der Waals surface area contributed by atoms with Crippen LogP contribution in [0.3, 0.4) is 0 Å². The summed E-state index contributed by atoms with van der Waals surface area (Å²) >= 11 is 0. The average Bonchev–Trinajstić information content (AvgIpc) is 3.40. The first-order valence-electron chi connectivity index (χ1n) is 12.7. The number of nitrogens with one attached hydrogen (secondary N) is 1. The maximum atomic E-state index is 13.7. The fourth-order valence-corrected chi connectivity index (χ4v) is 5.77. The van der Waals surface area contributed by atoms with E-state index in [-0.39, 0.29) is 23.8 Å². The van der Waals surface area contributed by atoms with Gasteiger partial charge in [-0.05, 0) is 80.3 Å². The minimum Gasteiger partial charge on any atom is -0.497 e. The molecule has 2 aliphatic carbocycles. The van der Waals surface area contributed by atoms with Crippen molar-refractivity contribution in [3.63, 3.8) is 0 Å². The predicted molar refractivity (Wildman–Crippen MR) is 137 cm³/mol. The summed E-state index contributed by atoms with van der Waals surface area (Å²) in [6.45, 7) is 1.91. The molecule has 0 saturated heterocycles. The van der Waals surface area contributed by atoms with E-state index in [9.17, 15) is 9.59 Å². The molecule has 2 aromatic rings. The molecule has 0 amide bonds. The Labute approximate surface area is 212 Å². The molecule has 1 aliphatic heterocycles. The van der Waals surface area contributed by atoms with Crippen molar-refractivity contribution in [2.24, 2.45) is 0 Å². The Bertz CT molecular complexity index is 1200. The summed E-state index contributed by atoms with van der Waals surface area (Å²) in [6.07, 6.45) is 5.00. The van der Waals surface area contributed by atoms with Crippen LogP contribution in [0.4, 0.5) is 0 Å². The number of esters is 1. The number of hydrogen-bond acceptors (Lipinski definition) is 6. The lowest BCUT2D eigenvalue weighted by Crippen LogP contribution is -2.36. The zero-order valence-electron chi connectivity index (χ0n) is 21.1. The zero-order chi connectivity index (χ0) is 25.2. The maximum Gasteiger partial charge on any atom is 0.337 e. The van der Waals surface area contributed by atoms with Crippen molar-refractivity contribution in [3.8, 4) is 11.5 Å². The topological polar surface area (TPSA) is 73.9 Å². The van der Waals surface area contributed by atoms with Crippen LogP contribution in [0.25, 0.3) is 0 Å². The van der Waals surface area contributed by atoms with Gasteiger partial charge >= 0.3 is 5.97 Å². The molecule has 1 saturated carbocycles. The van der Waals surface area contributed by atoms with E-state index < -0.39 is 5.92 Å². The van der Waals surface area contributed by atoms with Gasteiger partial charge in [0, 0.05) is 29.3 Å². The molecule has 1 fully saturated rings. The van der Waals surface area contributed by atoms with Gasteiger partial charge in [0.2, 0.25) is 0 Å². The van der Waals surface area contributed by atoms with E-state index in [2.05, 4.69) is 5.32 Å². The van der Waals surface area contributed by atoms with E-state index >= 15 is 0 Å². The molecule has 188 valence electrons. The smallest absolute Gasteiger partial charge is 0.337 e. The standard InChI is InChI=1S/C30H33NO5/c1-18-27(30(33)36-24-6-4-5-7-24)28(20-10-14-23(35-3)15-11-20)29-25(31-18)16-21(17-26(29)32)19-8-12-22(34-2)13-9-19/h8-15,21,24,28,31H,4-7,16-17H2,1-3H3/t21-,28+/m0/s1. The molecule has 0 bridgehead atoms. The van der Waals surface area contributed by atoms with Gasteiger partial charge in [-0.3, -0.25) is 4.79 Å². The summed E-state index contributed by atoms with van der Waals surface area (Å²) in [5.41, 5.74) is 4.84. The summed E-state index contributed by atoms with van der Waals surface area (Å²) in [7, 11) is 3.27. The van der Waals surface area contributed by atoms with E-state index in [0.29, 0.717) is 24.0 Å². The Morgan fingerprint density at radius 3 is 2.03 bits per heavy atom. The summed E-state index contributed by atoms with van der Waals surface area (Å²) < 4.78 is 16.6. The third kappa shape index (κ3) is 4.64. The van der Waals surface area contributed by atoms with E-state index in [0.717, 1.165) is 59.7 Å². The Kier molecular flexibility index (Phi) is 6.86. The first-order chi connectivity index (χ1) is 17.5. The van der Waals surface area contributed by atoms with Crippen molar-refractivity contribution in [2.45, 2.75) is 63.4 Å². The molecule has 1 heterocycles. The number of methoxy groups -OCH3 is 2. The molecule has 0 aromatic heterocycles. The second kappa shape index (κ2) is 10.2. The van der Waals surface area contributed by atoms with Crippen LogP contribution < -0.4 is 14.8 Å². The van der Waals surface area contributed by atoms with E-state index in [1.54, 1.807) is 14.2 Å². The number of carbonyl (C=O) groups is 2. The molecule has 2 atom stereocenters. The predicted octanol–water partition coefficient (Wildman–Crippen LogP) is 5.55. The third-order valence-corrected chi connectivity index (χ3v) is 7.66. The van der Waals surface area contributed by atoms with Gasteiger partial charge in [0.05, 0.1) is 19.8 Å². The molecule has 0 spiro atoms. The largest absolute Gasteiger partial charge is 0.497 e. The third-order valence-electron chi connectivity index (χ3n) is 7.66. The van der Waals surface area contributed by atoms with Crippen LogP contribution in [0.1, 0.15) is 68.4 Å². The van der Waals surface area contributed by atoms with Crippen LogP contribution in [0.2, 0.25) is 0 Å². The molecule has 6 nitrogen and oxygen atoms in total. The lowest BCUT2D eigenvalue weighted by Gasteiger charge is -2.37. The zero-order valence-corrected chi connectivity index (χ0v) is 21.1. The van der Waals surface area contributed by atoms with Crippen molar-refractivity contribution in [2.75, 3.05) is 14.2 Å². The van der Waals surface area contributed by atoms with Gasteiger partial charge in [-0.1, -0.05) is 24.3 Å². The quantitative estimate of drug-likeness (QED) is 0.539. The minimum absolute atomic E-state index is 0.0498. The second-order valence-electron chi connectivity index (χ2n) is 9.88. The average molecular weight is 488 g/mol. The molecule has 0 radical (unpaired) electrons. The first kappa shape index (κ1) is 24.2. The highest BCUT2D eigenvalue weighted by molar-refractivity contribution is 6.04. The van der Waals surface area contributed by atoms with Crippen molar-refractivity contribution < 1.29 is 23.8 Å². The maximum absolute atomic E-state index is 13.7. The monoisotopic (exact) mass is 487 g/mol. The Hall–Kier alpha value is -3.54. The number of hydrogen-bond donors (Lipinski definition) is 1. The Morgan fingerprint density at radius 2 is 1.44 bits per heavy atom. The summed E-state index contributed by atoms with van der Waals surface area (Å²) in [6, 6.07) is 15.6.